The molecule has 31 heavy (non-hydrogen) atoms. The van der Waals surface area contributed by atoms with E-state index in [0.717, 1.165) is 44.0 Å². The largest absolute Gasteiger partial charge is 0.425 e. The molecule has 0 saturated heterocycles. The Morgan fingerprint density at radius 2 is 1.35 bits per heavy atom. The fourth-order valence-electron chi connectivity index (χ4n) is 4.04. The number of benzene rings is 4. The lowest BCUT2D eigenvalue weighted by Gasteiger charge is -2.17. The number of rotatable bonds is 3. The fourth-order valence-corrected chi connectivity index (χ4v) is 4.04. The van der Waals surface area contributed by atoms with Crippen LogP contribution in [0.1, 0.15) is 32.3 Å². The van der Waals surface area contributed by atoms with E-state index in [-0.39, 0.29) is 5.97 Å². The number of aromatic nitrogens is 2. The van der Waals surface area contributed by atoms with E-state index in [9.17, 15) is 4.79 Å². The van der Waals surface area contributed by atoms with Crippen LogP contribution in [0.2, 0.25) is 0 Å². The predicted octanol–water partition coefficient (Wildman–Crippen LogP) is 6.65. The van der Waals surface area contributed by atoms with E-state index < -0.39 is 0 Å². The Labute approximate surface area is 180 Å². The van der Waals surface area contributed by atoms with Crippen molar-refractivity contribution in [2.24, 2.45) is 0 Å². The van der Waals surface area contributed by atoms with Gasteiger partial charge >= 0.3 is 5.97 Å². The van der Waals surface area contributed by atoms with Gasteiger partial charge in [-0.15, -0.1) is 0 Å². The highest BCUT2D eigenvalue weighted by atomic mass is 16.5. The van der Waals surface area contributed by atoms with E-state index in [1.807, 2.05) is 48.5 Å². The van der Waals surface area contributed by atoms with Crippen molar-refractivity contribution >= 4 is 38.8 Å². The van der Waals surface area contributed by atoms with Crippen LogP contribution in [-0.2, 0) is 4.79 Å². The SMILES string of the molecule is CC(=O)Oc1c(-c2ccc(C(C)C)cc2)c2nc3ccccc3nc2c2ccccc12. The maximum absolute atomic E-state index is 12.1. The molecule has 5 rings (SSSR count). The Hall–Kier alpha value is -3.79. The maximum Gasteiger partial charge on any atom is 0.308 e. The molecule has 1 heterocycles. The number of fused-ring (bicyclic) bond motifs is 4. The van der Waals surface area contributed by atoms with Crippen LogP contribution in [0.5, 0.6) is 5.75 Å². The minimum absolute atomic E-state index is 0.363. The molecule has 0 fully saturated rings. The highest BCUT2D eigenvalue weighted by molar-refractivity contribution is 6.16. The van der Waals surface area contributed by atoms with Gasteiger partial charge in [0.05, 0.1) is 22.1 Å². The highest BCUT2D eigenvalue weighted by Gasteiger charge is 2.21. The second-order valence-electron chi connectivity index (χ2n) is 8.03. The van der Waals surface area contributed by atoms with E-state index in [2.05, 4.69) is 38.1 Å². The third-order valence-corrected chi connectivity index (χ3v) is 5.57. The first-order valence-corrected chi connectivity index (χ1v) is 10.4. The maximum atomic E-state index is 12.1. The van der Waals surface area contributed by atoms with Crippen LogP contribution in [0.25, 0.3) is 44.0 Å². The van der Waals surface area contributed by atoms with Gasteiger partial charge in [-0.2, -0.15) is 0 Å². The molecule has 152 valence electrons. The standard InChI is InChI=1S/C27H22N2O2/c1-16(2)18-12-14-19(15-13-18)24-26-25(28-22-10-6-7-11-23(22)29-26)20-8-4-5-9-21(20)27(24)31-17(3)30/h4-16H,1-3H3. The van der Waals surface area contributed by atoms with E-state index in [1.165, 1.54) is 12.5 Å². The summed E-state index contributed by atoms with van der Waals surface area (Å²) in [5.41, 5.74) is 6.15. The van der Waals surface area contributed by atoms with Crippen LogP contribution in [0.3, 0.4) is 0 Å². The van der Waals surface area contributed by atoms with Gasteiger partial charge in [-0.1, -0.05) is 74.5 Å². The van der Waals surface area contributed by atoms with Crippen molar-refractivity contribution < 1.29 is 9.53 Å². The molecule has 0 aliphatic rings. The summed E-state index contributed by atoms with van der Waals surface area (Å²) >= 11 is 0. The van der Waals surface area contributed by atoms with Crippen molar-refractivity contribution in [3.63, 3.8) is 0 Å². The molecular weight excluding hydrogens is 384 g/mol. The van der Waals surface area contributed by atoms with Crippen LogP contribution >= 0.6 is 0 Å². The number of carbonyl (C=O) groups is 1. The molecular formula is C27H22N2O2. The average Bonchev–Trinajstić information content (AvgIpc) is 2.78. The first-order valence-electron chi connectivity index (χ1n) is 10.4. The van der Waals surface area contributed by atoms with Gasteiger partial charge in [0.2, 0.25) is 0 Å². The summed E-state index contributed by atoms with van der Waals surface area (Å²) in [6, 6.07) is 24.1. The number of hydrogen-bond acceptors (Lipinski definition) is 4. The molecule has 0 bridgehead atoms. The zero-order chi connectivity index (χ0) is 21.5. The van der Waals surface area contributed by atoms with E-state index in [0.29, 0.717) is 11.7 Å². The normalized spacial score (nSPS) is 11.5. The van der Waals surface area contributed by atoms with E-state index >= 15 is 0 Å². The summed E-state index contributed by atoms with van der Waals surface area (Å²) in [6.07, 6.45) is 0. The fraction of sp³-hybridized carbons (Fsp3) is 0.148. The predicted molar refractivity (Wildman–Crippen MR) is 125 cm³/mol. The number of ether oxygens (including phenoxy) is 1. The van der Waals surface area contributed by atoms with Crippen molar-refractivity contribution in [1.82, 2.24) is 9.97 Å². The van der Waals surface area contributed by atoms with Gasteiger partial charge in [0.15, 0.2) is 0 Å². The molecule has 0 radical (unpaired) electrons. The molecule has 0 spiro atoms. The summed E-state index contributed by atoms with van der Waals surface area (Å²) in [5, 5.41) is 1.76. The topological polar surface area (TPSA) is 52.1 Å². The number of nitrogens with zero attached hydrogens (tertiary/aromatic N) is 2. The number of carbonyl (C=O) groups excluding carboxylic acids is 1. The lowest BCUT2D eigenvalue weighted by atomic mass is 9.94. The monoisotopic (exact) mass is 406 g/mol. The molecule has 0 N–H and O–H groups in total. The van der Waals surface area contributed by atoms with Gasteiger partial charge in [-0.3, -0.25) is 4.79 Å². The number of hydrogen-bond donors (Lipinski definition) is 0. The summed E-state index contributed by atoms with van der Waals surface area (Å²) in [5.74, 6) is 0.592. The van der Waals surface area contributed by atoms with Crippen LogP contribution < -0.4 is 4.74 Å². The van der Waals surface area contributed by atoms with Crippen molar-refractivity contribution in [3.8, 4) is 16.9 Å². The molecule has 4 heteroatoms. The lowest BCUT2D eigenvalue weighted by Crippen LogP contribution is -2.05. The van der Waals surface area contributed by atoms with Gasteiger partial charge in [0.25, 0.3) is 0 Å². The zero-order valence-electron chi connectivity index (χ0n) is 17.7. The van der Waals surface area contributed by atoms with Gasteiger partial charge in [0, 0.05) is 17.7 Å². The Bertz CT molecular complexity index is 1450. The quantitative estimate of drug-likeness (QED) is 0.146. The summed E-state index contributed by atoms with van der Waals surface area (Å²) < 4.78 is 5.80. The summed E-state index contributed by atoms with van der Waals surface area (Å²) in [4.78, 5) is 22.0. The summed E-state index contributed by atoms with van der Waals surface area (Å²) in [7, 11) is 0. The second kappa shape index (κ2) is 7.47. The summed E-state index contributed by atoms with van der Waals surface area (Å²) in [6.45, 7) is 5.77. The first kappa shape index (κ1) is 19.2. The van der Waals surface area contributed by atoms with Crippen LogP contribution in [0.4, 0.5) is 0 Å². The van der Waals surface area contributed by atoms with Gasteiger partial charge in [-0.05, 0) is 29.2 Å². The Kier molecular flexibility index (Phi) is 4.63. The Balaban J connectivity index is 1.95. The van der Waals surface area contributed by atoms with Crippen molar-refractivity contribution in [2.75, 3.05) is 0 Å². The lowest BCUT2D eigenvalue weighted by molar-refractivity contribution is -0.131. The van der Waals surface area contributed by atoms with Crippen LogP contribution in [0, 0.1) is 0 Å². The third kappa shape index (κ3) is 3.30. The van der Waals surface area contributed by atoms with E-state index in [1.54, 1.807) is 0 Å². The zero-order valence-corrected chi connectivity index (χ0v) is 17.7. The minimum Gasteiger partial charge on any atom is -0.425 e. The van der Waals surface area contributed by atoms with Crippen molar-refractivity contribution in [1.29, 1.82) is 0 Å². The molecule has 0 saturated carbocycles. The molecule has 4 nitrogen and oxygen atoms in total. The van der Waals surface area contributed by atoms with Gasteiger partial charge < -0.3 is 4.74 Å². The number of esters is 1. The third-order valence-electron chi connectivity index (χ3n) is 5.57. The smallest absolute Gasteiger partial charge is 0.308 e. The van der Waals surface area contributed by atoms with Crippen LogP contribution in [0.15, 0.2) is 72.8 Å². The first-order chi connectivity index (χ1) is 15.0. The molecule has 0 atom stereocenters. The average molecular weight is 406 g/mol. The van der Waals surface area contributed by atoms with Gasteiger partial charge in [0.1, 0.15) is 11.3 Å². The number of para-hydroxylation sites is 2. The van der Waals surface area contributed by atoms with Crippen molar-refractivity contribution in [3.05, 3.63) is 78.4 Å². The highest BCUT2D eigenvalue weighted by Crippen LogP contribution is 2.43. The molecule has 4 aromatic carbocycles. The van der Waals surface area contributed by atoms with Crippen LogP contribution in [-0.4, -0.2) is 15.9 Å². The molecule has 0 aliphatic heterocycles. The van der Waals surface area contributed by atoms with Crippen molar-refractivity contribution in [2.45, 2.75) is 26.7 Å². The second-order valence-corrected chi connectivity index (χ2v) is 8.03. The molecule has 1 aromatic heterocycles. The van der Waals surface area contributed by atoms with E-state index in [4.69, 9.17) is 14.7 Å². The molecule has 0 amide bonds. The molecule has 5 aromatic rings. The Morgan fingerprint density at radius 3 is 1.97 bits per heavy atom. The molecule has 0 unspecified atom stereocenters. The van der Waals surface area contributed by atoms with Gasteiger partial charge in [-0.25, -0.2) is 9.97 Å². The Morgan fingerprint density at radius 1 is 0.774 bits per heavy atom. The molecule has 0 aliphatic carbocycles. The minimum atomic E-state index is -0.363.